The lowest BCUT2D eigenvalue weighted by molar-refractivity contribution is -0.118. The van der Waals surface area contributed by atoms with Crippen molar-refractivity contribution in [3.05, 3.63) is 54.1 Å². The quantitative estimate of drug-likeness (QED) is 0.867. The second-order valence-electron chi connectivity index (χ2n) is 6.68. The highest BCUT2D eigenvalue weighted by molar-refractivity contribution is 7.93. The standard InChI is InChI=1S/C20H23NO4S/c1-15-10-11-18(25-2)17(14-15)21-19(22)20(12-6-7-13-20)26(23,24)16-8-4-3-5-9-16/h3-5,8-11,14H,6-7,12-13H2,1-2H3,(H,21,22). The van der Waals surface area contributed by atoms with Crippen molar-refractivity contribution in [2.45, 2.75) is 42.2 Å². The molecule has 0 spiro atoms. The molecule has 0 radical (unpaired) electrons. The average molecular weight is 373 g/mol. The molecule has 0 aliphatic heterocycles. The lowest BCUT2D eigenvalue weighted by Gasteiger charge is -2.28. The van der Waals surface area contributed by atoms with Gasteiger partial charge in [0.1, 0.15) is 5.75 Å². The number of aryl methyl sites for hydroxylation is 1. The van der Waals surface area contributed by atoms with Gasteiger partial charge < -0.3 is 10.1 Å². The number of carbonyl (C=O) groups excluding carboxylic acids is 1. The molecule has 5 nitrogen and oxygen atoms in total. The Hall–Kier alpha value is -2.34. The smallest absolute Gasteiger partial charge is 0.246 e. The molecule has 0 unspecified atom stereocenters. The molecule has 0 aromatic heterocycles. The number of benzene rings is 2. The summed E-state index contributed by atoms with van der Waals surface area (Å²) in [5.41, 5.74) is 1.44. The van der Waals surface area contributed by atoms with Crippen LogP contribution in [0.4, 0.5) is 5.69 Å². The Balaban J connectivity index is 2.01. The molecule has 0 atom stereocenters. The zero-order valence-electron chi connectivity index (χ0n) is 15.0. The SMILES string of the molecule is COc1ccc(C)cc1NC(=O)C1(S(=O)(=O)c2ccccc2)CCCC1. The van der Waals surface area contributed by atoms with Gasteiger partial charge in [-0.15, -0.1) is 0 Å². The van der Waals surface area contributed by atoms with Crippen molar-refractivity contribution in [1.82, 2.24) is 0 Å². The Bertz CT molecular complexity index is 901. The first-order chi connectivity index (χ1) is 12.4. The fraction of sp³-hybridized carbons (Fsp3) is 0.350. The van der Waals surface area contributed by atoms with Crippen LogP contribution in [-0.4, -0.2) is 26.2 Å². The Morgan fingerprint density at radius 1 is 1.08 bits per heavy atom. The third-order valence-corrected chi connectivity index (χ3v) is 7.51. The lowest BCUT2D eigenvalue weighted by Crippen LogP contribution is -2.47. The van der Waals surface area contributed by atoms with Crippen molar-refractivity contribution in [3.8, 4) is 5.75 Å². The van der Waals surface area contributed by atoms with E-state index in [1.54, 1.807) is 42.5 Å². The van der Waals surface area contributed by atoms with Gasteiger partial charge in [-0.2, -0.15) is 0 Å². The minimum Gasteiger partial charge on any atom is -0.495 e. The van der Waals surface area contributed by atoms with Crippen molar-refractivity contribution in [3.63, 3.8) is 0 Å². The minimum atomic E-state index is -3.80. The summed E-state index contributed by atoms with van der Waals surface area (Å²) in [5.74, 6) is 0.0250. The van der Waals surface area contributed by atoms with E-state index < -0.39 is 20.5 Å². The Labute approximate surface area is 154 Å². The molecule has 3 rings (SSSR count). The molecular weight excluding hydrogens is 350 g/mol. The molecule has 1 amide bonds. The van der Waals surface area contributed by atoms with Crippen LogP contribution < -0.4 is 10.1 Å². The highest BCUT2D eigenvalue weighted by atomic mass is 32.2. The van der Waals surface area contributed by atoms with Gasteiger partial charge in [0.15, 0.2) is 14.6 Å². The zero-order valence-corrected chi connectivity index (χ0v) is 15.8. The summed E-state index contributed by atoms with van der Waals surface area (Å²) >= 11 is 0. The number of hydrogen-bond donors (Lipinski definition) is 1. The van der Waals surface area contributed by atoms with Gasteiger partial charge in [-0.3, -0.25) is 4.79 Å². The van der Waals surface area contributed by atoms with Gasteiger partial charge in [-0.1, -0.05) is 37.1 Å². The fourth-order valence-corrected chi connectivity index (χ4v) is 5.63. The molecule has 1 fully saturated rings. The van der Waals surface area contributed by atoms with E-state index in [9.17, 15) is 13.2 Å². The van der Waals surface area contributed by atoms with Crippen molar-refractivity contribution in [1.29, 1.82) is 0 Å². The molecule has 26 heavy (non-hydrogen) atoms. The predicted molar refractivity (Wildman–Crippen MR) is 101 cm³/mol. The first-order valence-corrected chi connectivity index (χ1v) is 10.1. The second-order valence-corrected chi connectivity index (χ2v) is 8.94. The van der Waals surface area contributed by atoms with E-state index in [4.69, 9.17) is 4.74 Å². The van der Waals surface area contributed by atoms with Gasteiger partial charge in [0.2, 0.25) is 5.91 Å². The topological polar surface area (TPSA) is 72.5 Å². The molecule has 1 aliphatic rings. The summed E-state index contributed by atoms with van der Waals surface area (Å²) in [6, 6.07) is 13.6. The number of methoxy groups -OCH3 is 1. The normalized spacial score (nSPS) is 16.2. The summed E-state index contributed by atoms with van der Waals surface area (Å²) in [7, 11) is -2.28. The van der Waals surface area contributed by atoms with Gasteiger partial charge in [0, 0.05) is 0 Å². The Morgan fingerprint density at radius 3 is 2.35 bits per heavy atom. The van der Waals surface area contributed by atoms with Crippen LogP contribution in [0.3, 0.4) is 0 Å². The van der Waals surface area contributed by atoms with Crippen molar-refractivity contribution < 1.29 is 17.9 Å². The van der Waals surface area contributed by atoms with Crippen LogP contribution in [0.1, 0.15) is 31.2 Å². The fourth-order valence-electron chi connectivity index (χ4n) is 3.54. The van der Waals surface area contributed by atoms with E-state index in [0.29, 0.717) is 37.1 Å². The molecule has 1 saturated carbocycles. The summed E-state index contributed by atoms with van der Waals surface area (Å²) in [4.78, 5) is 13.4. The highest BCUT2D eigenvalue weighted by Gasteiger charge is 2.53. The molecule has 2 aromatic carbocycles. The molecule has 0 saturated heterocycles. The van der Waals surface area contributed by atoms with Crippen molar-refractivity contribution in [2.75, 3.05) is 12.4 Å². The van der Waals surface area contributed by atoms with E-state index in [2.05, 4.69) is 5.32 Å². The summed E-state index contributed by atoms with van der Waals surface area (Å²) < 4.78 is 30.5. The summed E-state index contributed by atoms with van der Waals surface area (Å²) in [6.07, 6.45) is 2.07. The summed E-state index contributed by atoms with van der Waals surface area (Å²) in [6.45, 7) is 1.90. The van der Waals surface area contributed by atoms with Crippen LogP contribution in [0, 0.1) is 6.92 Å². The molecule has 6 heteroatoms. The van der Waals surface area contributed by atoms with Crippen molar-refractivity contribution in [2.24, 2.45) is 0 Å². The number of ether oxygens (including phenoxy) is 1. The maximum absolute atomic E-state index is 13.3. The van der Waals surface area contributed by atoms with E-state index in [-0.39, 0.29) is 4.90 Å². The first kappa shape index (κ1) is 18.5. The summed E-state index contributed by atoms with van der Waals surface area (Å²) in [5, 5.41) is 2.82. The number of nitrogens with one attached hydrogen (secondary N) is 1. The number of amides is 1. The molecule has 0 bridgehead atoms. The largest absolute Gasteiger partial charge is 0.495 e. The van der Waals surface area contributed by atoms with Crippen LogP contribution in [0.25, 0.3) is 0 Å². The van der Waals surface area contributed by atoms with Gasteiger partial charge in [0.25, 0.3) is 0 Å². The molecule has 1 aliphatic carbocycles. The number of sulfone groups is 1. The third kappa shape index (κ3) is 3.09. The lowest BCUT2D eigenvalue weighted by atomic mass is 10.1. The number of rotatable bonds is 5. The van der Waals surface area contributed by atoms with Gasteiger partial charge in [-0.25, -0.2) is 8.42 Å². The van der Waals surface area contributed by atoms with Gasteiger partial charge in [-0.05, 0) is 49.6 Å². The second kappa shape index (κ2) is 7.11. The monoisotopic (exact) mass is 373 g/mol. The van der Waals surface area contributed by atoms with Crippen LogP contribution in [-0.2, 0) is 14.6 Å². The molecule has 1 N–H and O–H groups in total. The third-order valence-electron chi connectivity index (χ3n) is 5.00. The Morgan fingerprint density at radius 2 is 1.73 bits per heavy atom. The Kier molecular flexibility index (Phi) is 5.05. The van der Waals surface area contributed by atoms with E-state index in [1.165, 1.54) is 7.11 Å². The van der Waals surface area contributed by atoms with E-state index in [0.717, 1.165) is 5.56 Å². The maximum Gasteiger partial charge on any atom is 0.246 e. The van der Waals surface area contributed by atoms with E-state index in [1.807, 2.05) is 13.0 Å². The molecular formula is C20H23NO4S. The van der Waals surface area contributed by atoms with Crippen LogP contribution >= 0.6 is 0 Å². The number of hydrogen-bond acceptors (Lipinski definition) is 4. The van der Waals surface area contributed by atoms with Crippen LogP contribution in [0.2, 0.25) is 0 Å². The average Bonchev–Trinajstić information content (AvgIpc) is 3.14. The number of anilines is 1. The molecule has 138 valence electrons. The van der Waals surface area contributed by atoms with E-state index >= 15 is 0 Å². The zero-order chi connectivity index (χ0) is 18.8. The van der Waals surface area contributed by atoms with Gasteiger partial charge >= 0.3 is 0 Å². The molecule has 2 aromatic rings. The number of carbonyl (C=O) groups is 1. The predicted octanol–water partition coefficient (Wildman–Crippen LogP) is 3.73. The highest BCUT2D eigenvalue weighted by Crippen LogP contribution is 2.42. The van der Waals surface area contributed by atoms with Gasteiger partial charge in [0.05, 0.1) is 17.7 Å². The first-order valence-electron chi connectivity index (χ1n) is 8.66. The van der Waals surface area contributed by atoms with Crippen molar-refractivity contribution >= 4 is 21.4 Å². The molecule has 0 heterocycles. The van der Waals surface area contributed by atoms with Crippen LogP contribution in [0.5, 0.6) is 5.75 Å². The minimum absolute atomic E-state index is 0.188. The van der Waals surface area contributed by atoms with Crippen LogP contribution in [0.15, 0.2) is 53.4 Å². The maximum atomic E-state index is 13.3.